The molecule has 0 unspecified atom stereocenters. The number of carbonyl (C=O) groups is 2. The molecule has 194 valence electrons. The number of nitrogens with one attached hydrogen (secondary N) is 1. The van der Waals surface area contributed by atoms with Gasteiger partial charge in [0, 0.05) is 35.7 Å². The molecular weight excluding hydrogens is 478 g/mol. The van der Waals surface area contributed by atoms with Gasteiger partial charge < -0.3 is 19.9 Å². The van der Waals surface area contributed by atoms with Crippen LogP contribution in [0.5, 0.6) is 11.5 Å². The number of rotatable bonds is 7. The minimum absolute atomic E-state index is 0.00766. The Morgan fingerprint density at radius 2 is 1.68 bits per heavy atom. The lowest BCUT2D eigenvalue weighted by Gasteiger charge is -2.36. The second-order valence-electron chi connectivity index (χ2n) is 9.73. The topological polar surface area (TPSA) is 84.9 Å². The van der Waals surface area contributed by atoms with Gasteiger partial charge in [0.1, 0.15) is 0 Å². The first-order valence-corrected chi connectivity index (χ1v) is 12.8. The van der Waals surface area contributed by atoms with E-state index in [0.717, 1.165) is 16.8 Å². The highest BCUT2D eigenvalue weighted by atomic mass is 16.5. The number of benzene rings is 3. The number of phenols is 1. The molecule has 38 heavy (non-hydrogen) atoms. The number of methoxy groups -OCH3 is 1. The highest BCUT2D eigenvalue weighted by Gasteiger charge is 2.41. The van der Waals surface area contributed by atoms with Crippen molar-refractivity contribution in [3.63, 3.8) is 0 Å². The molecule has 6 heteroatoms. The molecule has 6 nitrogen and oxygen atoms in total. The number of aromatic hydroxyl groups is 1. The quantitative estimate of drug-likeness (QED) is 0.407. The van der Waals surface area contributed by atoms with Crippen LogP contribution in [0.15, 0.2) is 101 Å². The Labute approximate surface area is 222 Å². The van der Waals surface area contributed by atoms with Crippen molar-refractivity contribution in [1.29, 1.82) is 0 Å². The number of hydrogen-bond acceptors (Lipinski definition) is 6. The standard InChI is InChI=1S/C32H31NO5/c1-20-29(32(36)38-16-15-21-9-5-3-6-10-21)30(23-13-14-26(34)28(19-23)37-2)31-25(33-20)17-24(18-27(31)35)22-11-7-4-8-12-22/h3-14,19,24,30,33-34H,15-18H2,1-2H3/t24-,30-/m1/s1. The first kappa shape index (κ1) is 25.3. The van der Waals surface area contributed by atoms with Crippen LogP contribution in [-0.2, 0) is 20.7 Å². The number of allylic oxidation sites excluding steroid dienone is 3. The molecule has 0 amide bonds. The Bertz CT molecular complexity index is 1410. The summed E-state index contributed by atoms with van der Waals surface area (Å²) in [5.74, 6) is -0.778. The van der Waals surface area contributed by atoms with E-state index < -0.39 is 11.9 Å². The van der Waals surface area contributed by atoms with Gasteiger partial charge in [0.15, 0.2) is 17.3 Å². The lowest BCUT2D eigenvalue weighted by molar-refractivity contribution is -0.139. The Hall–Kier alpha value is -4.32. The summed E-state index contributed by atoms with van der Waals surface area (Å²) in [6, 6.07) is 24.8. The van der Waals surface area contributed by atoms with Crippen LogP contribution in [0.4, 0.5) is 0 Å². The number of esters is 1. The monoisotopic (exact) mass is 509 g/mol. The van der Waals surface area contributed by atoms with Crippen LogP contribution in [0, 0.1) is 0 Å². The van der Waals surface area contributed by atoms with Gasteiger partial charge in [-0.3, -0.25) is 4.79 Å². The smallest absolute Gasteiger partial charge is 0.336 e. The Balaban J connectivity index is 1.50. The molecule has 5 rings (SSSR count). The van der Waals surface area contributed by atoms with Crippen molar-refractivity contribution < 1.29 is 24.2 Å². The van der Waals surface area contributed by atoms with Gasteiger partial charge in [0.05, 0.1) is 19.3 Å². The van der Waals surface area contributed by atoms with Gasteiger partial charge in [0.2, 0.25) is 0 Å². The van der Waals surface area contributed by atoms with E-state index in [1.807, 2.05) is 67.6 Å². The Morgan fingerprint density at radius 3 is 2.39 bits per heavy atom. The molecule has 1 aliphatic carbocycles. The van der Waals surface area contributed by atoms with Crippen LogP contribution in [0.1, 0.15) is 48.3 Å². The van der Waals surface area contributed by atoms with Gasteiger partial charge in [-0.2, -0.15) is 0 Å². The third-order valence-corrected chi connectivity index (χ3v) is 7.32. The Morgan fingerprint density at radius 1 is 0.974 bits per heavy atom. The van der Waals surface area contributed by atoms with Gasteiger partial charge in [-0.15, -0.1) is 0 Å². The van der Waals surface area contributed by atoms with Crippen molar-refractivity contribution in [3.05, 3.63) is 118 Å². The largest absolute Gasteiger partial charge is 0.504 e. The highest BCUT2D eigenvalue weighted by Crippen LogP contribution is 2.46. The lowest BCUT2D eigenvalue weighted by atomic mass is 9.71. The summed E-state index contributed by atoms with van der Waals surface area (Å²) in [5.41, 5.74) is 5.34. The van der Waals surface area contributed by atoms with Gasteiger partial charge in [-0.25, -0.2) is 4.79 Å². The molecule has 1 heterocycles. The molecular formula is C32H31NO5. The molecule has 1 aliphatic heterocycles. The van der Waals surface area contributed by atoms with Crippen LogP contribution >= 0.6 is 0 Å². The van der Waals surface area contributed by atoms with Crippen molar-refractivity contribution in [1.82, 2.24) is 5.32 Å². The zero-order valence-electron chi connectivity index (χ0n) is 21.6. The maximum Gasteiger partial charge on any atom is 0.336 e. The molecule has 0 fully saturated rings. The van der Waals surface area contributed by atoms with Crippen LogP contribution in [0.2, 0.25) is 0 Å². The molecule has 2 atom stereocenters. The van der Waals surface area contributed by atoms with Crippen molar-refractivity contribution >= 4 is 11.8 Å². The molecule has 0 spiro atoms. The zero-order chi connectivity index (χ0) is 26.6. The number of dihydropyridines is 1. The van der Waals surface area contributed by atoms with Gasteiger partial charge in [-0.05, 0) is 48.1 Å². The number of phenolic OH excluding ortho intramolecular Hbond substituents is 1. The fourth-order valence-corrected chi connectivity index (χ4v) is 5.46. The van der Waals surface area contributed by atoms with E-state index in [-0.39, 0.29) is 29.8 Å². The van der Waals surface area contributed by atoms with E-state index in [4.69, 9.17) is 9.47 Å². The van der Waals surface area contributed by atoms with Crippen LogP contribution in [0.3, 0.4) is 0 Å². The summed E-state index contributed by atoms with van der Waals surface area (Å²) in [5, 5.41) is 13.6. The van der Waals surface area contributed by atoms with Crippen molar-refractivity contribution in [3.8, 4) is 11.5 Å². The molecule has 0 saturated heterocycles. The van der Waals surface area contributed by atoms with Gasteiger partial charge >= 0.3 is 5.97 Å². The first-order chi connectivity index (χ1) is 18.5. The molecule has 0 radical (unpaired) electrons. The minimum Gasteiger partial charge on any atom is -0.504 e. The first-order valence-electron chi connectivity index (χ1n) is 12.8. The predicted molar refractivity (Wildman–Crippen MR) is 145 cm³/mol. The lowest BCUT2D eigenvalue weighted by Crippen LogP contribution is -2.36. The van der Waals surface area contributed by atoms with E-state index in [0.29, 0.717) is 41.7 Å². The molecule has 0 bridgehead atoms. The van der Waals surface area contributed by atoms with E-state index in [1.54, 1.807) is 12.1 Å². The molecule has 0 saturated carbocycles. The Kier molecular flexibility index (Phi) is 7.31. The number of ketones is 1. The molecule has 0 aromatic heterocycles. The van der Waals surface area contributed by atoms with Crippen molar-refractivity contribution in [2.75, 3.05) is 13.7 Å². The summed E-state index contributed by atoms with van der Waals surface area (Å²) < 4.78 is 11.1. The maximum atomic E-state index is 13.7. The zero-order valence-corrected chi connectivity index (χ0v) is 21.6. The van der Waals surface area contributed by atoms with E-state index in [1.165, 1.54) is 13.2 Å². The third kappa shape index (κ3) is 5.07. The summed E-state index contributed by atoms with van der Waals surface area (Å²) in [6.45, 7) is 2.07. The fourth-order valence-electron chi connectivity index (χ4n) is 5.46. The summed E-state index contributed by atoms with van der Waals surface area (Å²) >= 11 is 0. The highest BCUT2D eigenvalue weighted by molar-refractivity contribution is 6.04. The van der Waals surface area contributed by atoms with Gasteiger partial charge in [-0.1, -0.05) is 66.7 Å². The molecule has 2 aliphatic rings. The number of hydrogen-bond donors (Lipinski definition) is 2. The minimum atomic E-state index is -0.630. The van der Waals surface area contributed by atoms with Crippen molar-refractivity contribution in [2.45, 2.75) is 38.0 Å². The average molecular weight is 510 g/mol. The maximum absolute atomic E-state index is 13.7. The van der Waals surface area contributed by atoms with Crippen LogP contribution < -0.4 is 10.1 Å². The second kappa shape index (κ2) is 11.0. The molecule has 3 aromatic rings. The summed E-state index contributed by atoms with van der Waals surface area (Å²) in [4.78, 5) is 27.3. The van der Waals surface area contributed by atoms with Crippen LogP contribution in [0.25, 0.3) is 0 Å². The number of carbonyl (C=O) groups excluding carboxylic acids is 2. The predicted octanol–water partition coefficient (Wildman–Crippen LogP) is 5.55. The number of Topliss-reactive ketones (excluding diaryl/α,β-unsaturated/α-hetero) is 1. The van der Waals surface area contributed by atoms with E-state index >= 15 is 0 Å². The normalized spacial score (nSPS) is 19.1. The van der Waals surface area contributed by atoms with E-state index in [2.05, 4.69) is 5.32 Å². The van der Waals surface area contributed by atoms with Crippen LogP contribution in [-0.4, -0.2) is 30.6 Å². The van der Waals surface area contributed by atoms with Crippen molar-refractivity contribution in [2.24, 2.45) is 0 Å². The van der Waals surface area contributed by atoms with E-state index in [9.17, 15) is 14.7 Å². The number of ether oxygens (including phenoxy) is 2. The molecule has 2 N–H and O–H groups in total. The molecule has 3 aromatic carbocycles. The fraction of sp³-hybridized carbons (Fsp3) is 0.250. The summed E-state index contributed by atoms with van der Waals surface area (Å²) in [7, 11) is 1.47. The SMILES string of the molecule is COc1cc([C@@H]2C(C(=O)OCCc3ccccc3)=C(C)NC3=C2C(=O)C[C@H](c2ccccc2)C3)ccc1O. The summed E-state index contributed by atoms with van der Waals surface area (Å²) in [6.07, 6.45) is 1.60. The average Bonchev–Trinajstić information content (AvgIpc) is 2.93. The second-order valence-corrected chi connectivity index (χ2v) is 9.73. The van der Waals surface area contributed by atoms with Gasteiger partial charge in [0.25, 0.3) is 0 Å². The third-order valence-electron chi connectivity index (χ3n) is 7.32.